The molecule has 36 valence electrons. The van der Waals surface area contributed by atoms with E-state index in [2.05, 4.69) is 19.4 Å². The first kappa shape index (κ1) is 10.8. The molecule has 0 atom stereocenters. The van der Waals surface area contributed by atoms with Gasteiger partial charge in [-0.15, -0.1) is 13.3 Å². The molecule has 0 heterocycles. The Hall–Kier alpha value is 0.856. The third-order valence-electron chi connectivity index (χ3n) is 0.842. The zero-order valence-electron chi connectivity index (χ0n) is 4.45. The van der Waals surface area contributed by atoms with E-state index < -0.39 is 0 Å². The average Bonchev–Trinajstić information content (AvgIpc) is 1.30. The molecule has 0 saturated heterocycles. The van der Waals surface area contributed by atoms with Gasteiger partial charge in [0.25, 0.3) is 0 Å². The molecule has 0 fully saturated rings. The maximum absolute atomic E-state index is 2.16. The topological polar surface area (TPSA) is 0 Å². The number of hydrogen-bond donors (Lipinski definition) is 0. The first-order chi connectivity index (χ1) is 2.39. The van der Waals surface area contributed by atoms with Gasteiger partial charge in [0.05, 0.1) is 0 Å². The minimum atomic E-state index is 0. The Morgan fingerprint density at radius 3 is 2.00 bits per heavy atom. The van der Waals surface area contributed by atoms with E-state index in [0.717, 1.165) is 0 Å². The maximum Gasteiger partial charge on any atom is 2.00 e. The van der Waals surface area contributed by atoms with E-state index in [4.69, 9.17) is 0 Å². The first-order valence-electron chi connectivity index (χ1n) is 1.88. The monoisotopic (exact) mass is 170 g/mol. The molecule has 0 amide bonds. The molecule has 0 saturated carbocycles. The van der Waals surface area contributed by atoms with Crippen molar-refractivity contribution in [2.75, 3.05) is 0 Å². The van der Waals surface area contributed by atoms with Gasteiger partial charge in [-0.1, -0.05) is 0 Å². The quantitative estimate of drug-likeness (QED) is 0.297. The smallest absolute Gasteiger partial charge is 1.00 e. The van der Waals surface area contributed by atoms with Gasteiger partial charge in [0.15, 0.2) is 0 Å². The molecule has 0 aliphatic heterocycles. The van der Waals surface area contributed by atoms with Gasteiger partial charge >= 0.3 is 23.1 Å². The van der Waals surface area contributed by atoms with Gasteiger partial charge < -0.3 is 17.0 Å². The number of hydrogen-bond acceptors (Lipinski definition) is 0. The molecule has 0 radical (unpaired) electrons. The van der Waals surface area contributed by atoms with Gasteiger partial charge in [-0.3, -0.25) is 0 Å². The molecule has 0 aromatic carbocycles. The van der Waals surface area contributed by atoms with Crippen molar-refractivity contribution in [3.63, 3.8) is 0 Å². The normalized spacial score (nSPS) is 13.6. The van der Waals surface area contributed by atoms with Crippen molar-refractivity contribution >= 4 is 23.1 Å². The molecule has 0 spiro atoms. The third-order valence-corrected chi connectivity index (χ3v) is 0.842. The van der Waals surface area contributed by atoms with Gasteiger partial charge in [0.2, 0.25) is 0 Å². The van der Waals surface area contributed by atoms with Gasteiger partial charge in [0, 0.05) is 0 Å². The van der Waals surface area contributed by atoms with Crippen molar-refractivity contribution in [3.8, 4) is 0 Å². The van der Waals surface area contributed by atoms with E-state index in [1.807, 2.05) is 0 Å². The van der Waals surface area contributed by atoms with Crippen molar-refractivity contribution in [1.82, 2.24) is 0 Å². The molecule has 1 rings (SSSR count). The molecule has 0 aromatic heterocycles. The van der Waals surface area contributed by atoms with Crippen molar-refractivity contribution in [3.05, 3.63) is 18.1 Å². The van der Waals surface area contributed by atoms with Crippen LogP contribution in [0, 0.1) is 6.42 Å². The first-order valence-corrected chi connectivity index (χ1v) is 1.88. The van der Waals surface area contributed by atoms with Crippen LogP contribution in [0.2, 0.25) is 0 Å². The van der Waals surface area contributed by atoms with Gasteiger partial charge in [-0.2, -0.15) is 0 Å². The van der Waals surface area contributed by atoms with Crippen LogP contribution in [0.25, 0.3) is 0 Å². The summed E-state index contributed by atoms with van der Waals surface area (Å²) in [5.41, 5.74) is 1.50. The molecule has 2 heteroatoms. The fraction of sp³-hybridized carbons (Fsp3) is 0.400. The second-order valence-corrected chi connectivity index (χ2v) is 1.45. The minimum Gasteiger partial charge on any atom is -1.00 e. The summed E-state index contributed by atoms with van der Waals surface area (Å²) in [7, 11) is 0. The summed E-state index contributed by atoms with van der Waals surface area (Å²) in [6.07, 6.45) is 5.52. The standard InChI is InChI=1S/C5H7.BrH.Mg/c1-5-3-2-4-5;;/h2-3H,4H2,1H3;1H;/q-1;;+2/p-1. The fourth-order valence-corrected chi connectivity index (χ4v) is 0.354. The molecule has 0 aromatic rings. The van der Waals surface area contributed by atoms with E-state index in [9.17, 15) is 0 Å². The van der Waals surface area contributed by atoms with Crippen LogP contribution in [0.4, 0.5) is 0 Å². The van der Waals surface area contributed by atoms with E-state index >= 15 is 0 Å². The summed E-state index contributed by atoms with van der Waals surface area (Å²) in [5, 5.41) is 0. The van der Waals surface area contributed by atoms with Crippen LogP contribution in [-0.2, 0) is 0 Å². The molecule has 0 bridgehead atoms. The van der Waals surface area contributed by atoms with Crippen molar-refractivity contribution in [1.29, 1.82) is 0 Å². The molecule has 7 heavy (non-hydrogen) atoms. The van der Waals surface area contributed by atoms with Crippen LogP contribution < -0.4 is 17.0 Å². The van der Waals surface area contributed by atoms with Gasteiger partial charge in [0.1, 0.15) is 0 Å². The zero-order valence-corrected chi connectivity index (χ0v) is 7.45. The summed E-state index contributed by atoms with van der Waals surface area (Å²) in [5.74, 6) is 0. The van der Waals surface area contributed by atoms with Gasteiger partial charge in [-0.25, -0.2) is 18.1 Å². The van der Waals surface area contributed by atoms with Crippen molar-refractivity contribution in [2.45, 2.75) is 13.3 Å². The maximum atomic E-state index is 2.16. The predicted molar refractivity (Wildman–Crippen MR) is 28.4 cm³/mol. The second-order valence-electron chi connectivity index (χ2n) is 1.45. The largest absolute Gasteiger partial charge is 2.00 e. The Morgan fingerprint density at radius 1 is 1.71 bits per heavy atom. The second kappa shape index (κ2) is 5.00. The zero-order chi connectivity index (χ0) is 3.70. The minimum absolute atomic E-state index is 0. The van der Waals surface area contributed by atoms with E-state index in [-0.39, 0.29) is 40.0 Å². The SMILES string of the molecule is CC1=C[CH-]C1.[Br-].[Mg+2]. The fourth-order valence-electron chi connectivity index (χ4n) is 0.354. The Balaban J connectivity index is 0. The van der Waals surface area contributed by atoms with Crippen molar-refractivity contribution in [2.24, 2.45) is 0 Å². The Labute approximate surface area is 71.3 Å². The predicted octanol–water partition coefficient (Wildman–Crippen LogP) is -1.84. The molecular formula is C5H7BrMg. The molecule has 0 nitrogen and oxygen atoms in total. The van der Waals surface area contributed by atoms with Crippen LogP contribution in [0.3, 0.4) is 0 Å². The summed E-state index contributed by atoms with van der Waals surface area (Å²) in [4.78, 5) is 0. The molecular weight excluding hydrogens is 164 g/mol. The van der Waals surface area contributed by atoms with Crippen LogP contribution in [-0.4, -0.2) is 23.1 Å². The average molecular weight is 171 g/mol. The summed E-state index contributed by atoms with van der Waals surface area (Å²) in [6.45, 7) is 2.14. The number of halogens is 1. The van der Waals surface area contributed by atoms with Gasteiger partial charge in [-0.05, 0) is 0 Å². The van der Waals surface area contributed by atoms with Crippen LogP contribution in [0.15, 0.2) is 11.6 Å². The molecule has 1 aliphatic carbocycles. The summed E-state index contributed by atoms with van der Waals surface area (Å²) in [6, 6.07) is 0. The Bertz CT molecular complexity index is 68.5. The van der Waals surface area contributed by atoms with Crippen molar-refractivity contribution < 1.29 is 17.0 Å². The number of rotatable bonds is 0. The van der Waals surface area contributed by atoms with E-state index in [0.29, 0.717) is 0 Å². The van der Waals surface area contributed by atoms with Crippen LogP contribution in [0.1, 0.15) is 13.3 Å². The van der Waals surface area contributed by atoms with E-state index in [1.54, 1.807) is 0 Å². The molecule has 0 N–H and O–H groups in total. The molecule has 1 aliphatic rings. The van der Waals surface area contributed by atoms with Crippen LogP contribution in [0.5, 0.6) is 0 Å². The third kappa shape index (κ3) is 3.44. The number of allylic oxidation sites excluding steroid dienone is 2. The summed E-state index contributed by atoms with van der Waals surface area (Å²) >= 11 is 0. The Kier molecular flexibility index (Phi) is 7.69. The summed E-state index contributed by atoms with van der Waals surface area (Å²) < 4.78 is 0. The molecule has 0 unspecified atom stereocenters. The van der Waals surface area contributed by atoms with Crippen LogP contribution >= 0.6 is 0 Å². The Morgan fingerprint density at radius 2 is 2.00 bits per heavy atom. The van der Waals surface area contributed by atoms with E-state index in [1.165, 1.54) is 12.0 Å².